The molecule has 1 aromatic carbocycles. The van der Waals surface area contributed by atoms with Crippen molar-refractivity contribution in [3.8, 4) is 5.75 Å². The Hall–Kier alpha value is -1.97. The van der Waals surface area contributed by atoms with Gasteiger partial charge in [0.25, 0.3) is 0 Å². The molecule has 4 nitrogen and oxygen atoms in total. The van der Waals surface area contributed by atoms with Crippen LogP contribution in [0.25, 0.3) is 0 Å². The molecule has 0 unspecified atom stereocenters. The molecule has 1 aliphatic rings. The van der Waals surface area contributed by atoms with Gasteiger partial charge in [0.05, 0.1) is 5.69 Å². The Kier molecular flexibility index (Phi) is 3.10. The van der Waals surface area contributed by atoms with Crippen LogP contribution >= 0.6 is 0 Å². The molecule has 4 heteroatoms. The first-order valence-corrected chi connectivity index (χ1v) is 5.26. The number of ketones is 1. The maximum Gasteiger partial charge on any atom is 0.137 e. The van der Waals surface area contributed by atoms with Crippen LogP contribution < -0.4 is 10.9 Å². The first-order valence-electron chi connectivity index (χ1n) is 5.26. The minimum atomic E-state index is 0.244. The number of aromatic hydroxyl groups is 1. The van der Waals surface area contributed by atoms with Crippen LogP contribution in [-0.2, 0) is 4.79 Å². The molecule has 0 amide bonds. The Balaban J connectivity index is 1.88. The fraction of sp³-hybridized carbons (Fsp3) is 0.250. The fourth-order valence-electron chi connectivity index (χ4n) is 1.53. The van der Waals surface area contributed by atoms with Gasteiger partial charge in [-0.1, -0.05) is 6.08 Å². The summed E-state index contributed by atoms with van der Waals surface area (Å²) in [4.78, 5) is 11.0. The summed E-state index contributed by atoms with van der Waals surface area (Å²) in [5.74, 6) is 0.531. The molecule has 0 fully saturated rings. The van der Waals surface area contributed by atoms with Crippen molar-refractivity contribution in [3.05, 3.63) is 36.0 Å². The highest BCUT2D eigenvalue weighted by atomic mass is 16.3. The topological polar surface area (TPSA) is 61.4 Å². The number of benzene rings is 1. The quantitative estimate of drug-likeness (QED) is 0.536. The summed E-state index contributed by atoms with van der Waals surface area (Å²) in [7, 11) is 0. The SMILES string of the molecule is O=C1CC=C(NNc2ccc(O)cc2)CC1. The predicted molar refractivity (Wildman–Crippen MR) is 61.8 cm³/mol. The van der Waals surface area contributed by atoms with Crippen molar-refractivity contribution < 1.29 is 9.90 Å². The van der Waals surface area contributed by atoms with Crippen LogP contribution in [-0.4, -0.2) is 10.9 Å². The number of hydrogen-bond acceptors (Lipinski definition) is 4. The van der Waals surface area contributed by atoms with Gasteiger partial charge in [-0.15, -0.1) is 0 Å². The Labute approximate surface area is 94.0 Å². The van der Waals surface area contributed by atoms with E-state index in [0.717, 1.165) is 17.8 Å². The molecule has 2 rings (SSSR count). The minimum absolute atomic E-state index is 0.244. The van der Waals surface area contributed by atoms with Gasteiger partial charge in [-0.2, -0.15) is 0 Å². The molecule has 0 radical (unpaired) electrons. The highest BCUT2D eigenvalue weighted by Gasteiger charge is 2.09. The van der Waals surface area contributed by atoms with Gasteiger partial charge in [0.15, 0.2) is 0 Å². The molecule has 0 heterocycles. The molecule has 0 bridgehead atoms. The maximum atomic E-state index is 11.0. The zero-order valence-electron chi connectivity index (χ0n) is 8.86. The van der Waals surface area contributed by atoms with E-state index in [1.54, 1.807) is 24.3 Å². The van der Waals surface area contributed by atoms with E-state index in [4.69, 9.17) is 5.11 Å². The summed E-state index contributed by atoms with van der Waals surface area (Å²) >= 11 is 0. The lowest BCUT2D eigenvalue weighted by Crippen LogP contribution is -2.23. The molecule has 0 saturated heterocycles. The van der Waals surface area contributed by atoms with Gasteiger partial charge in [0.1, 0.15) is 11.5 Å². The summed E-state index contributed by atoms with van der Waals surface area (Å²) < 4.78 is 0. The molecule has 0 spiro atoms. The lowest BCUT2D eigenvalue weighted by atomic mass is 10.0. The van der Waals surface area contributed by atoms with Crippen molar-refractivity contribution in [2.45, 2.75) is 19.3 Å². The van der Waals surface area contributed by atoms with Crippen molar-refractivity contribution in [2.75, 3.05) is 5.43 Å². The van der Waals surface area contributed by atoms with E-state index >= 15 is 0 Å². The number of nitrogens with one attached hydrogen (secondary N) is 2. The van der Waals surface area contributed by atoms with Gasteiger partial charge in [0.2, 0.25) is 0 Å². The van der Waals surface area contributed by atoms with E-state index in [-0.39, 0.29) is 11.5 Å². The summed E-state index contributed by atoms with van der Waals surface area (Å²) in [6.45, 7) is 0. The third-order valence-electron chi connectivity index (χ3n) is 2.48. The van der Waals surface area contributed by atoms with E-state index in [9.17, 15) is 4.79 Å². The highest BCUT2D eigenvalue weighted by Crippen LogP contribution is 2.15. The lowest BCUT2D eigenvalue weighted by molar-refractivity contribution is -0.118. The molecule has 0 aromatic heterocycles. The van der Waals surface area contributed by atoms with Crippen LogP contribution in [0.15, 0.2) is 36.0 Å². The number of phenols is 1. The third-order valence-corrected chi connectivity index (χ3v) is 2.48. The van der Waals surface area contributed by atoms with E-state index < -0.39 is 0 Å². The zero-order chi connectivity index (χ0) is 11.4. The van der Waals surface area contributed by atoms with Gasteiger partial charge in [-0.25, -0.2) is 0 Å². The van der Waals surface area contributed by atoms with Crippen LogP contribution in [0.2, 0.25) is 0 Å². The van der Waals surface area contributed by atoms with Gasteiger partial charge < -0.3 is 16.0 Å². The van der Waals surface area contributed by atoms with Crippen molar-refractivity contribution in [2.24, 2.45) is 0 Å². The van der Waals surface area contributed by atoms with Gasteiger partial charge in [0, 0.05) is 18.5 Å². The number of allylic oxidation sites excluding steroid dienone is 2. The van der Waals surface area contributed by atoms with Crippen LogP contribution in [0, 0.1) is 0 Å². The van der Waals surface area contributed by atoms with E-state index in [2.05, 4.69) is 10.9 Å². The number of rotatable bonds is 3. The summed E-state index contributed by atoms with van der Waals surface area (Å²) in [6, 6.07) is 6.78. The van der Waals surface area contributed by atoms with Gasteiger partial charge in [-0.3, -0.25) is 4.79 Å². The third kappa shape index (κ3) is 2.76. The molecular formula is C12H14N2O2. The van der Waals surface area contributed by atoms with E-state index in [1.807, 2.05) is 6.08 Å². The molecule has 1 aromatic rings. The maximum absolute atomic E-state index is 11.0. The molecule has 1 aliphatic carbocycles. The molecular weight excluding hydrogens is 204 g/mol. The molecule has 84 valence electrons. The second-order valence-electron chi connectivity index (χ2n) is 3.77. The lowest BCUT2D eigenvalue weighted by Gasteiger charge is -2.16. The van der Waals surface area contributed by atoms with Gasteiger partial charge in [-0.05, 0) is 30.7 Å². The Bertz CT molecular complexity index is 410. The normalized spacial score (nSPS) is 15.5. The molecule has 0 atom stereocenters. The Morgan fingerprint density at radius 3 is 2.44 bits per heavy atom. The summed E-state index contributed by atoms with van der Waals surface area (Å²) in [6.07, 6.45) is 3.78. The number of carbonyl (C=O) groups excluding carboxylic acids is 1. The number of hydrogen-bond donors (Lipinski definition) is 3. The van der Waals surface area contributed by atoms with Crippen LogP contribution in [0.3, 0.4) is 0 Å². The smallest absolute Gasteiger partial charge is 0.137 e. The number of hydrazine groups is 1. The summed E-state index contributed by atoms with van der Waals surface area (Å²) in [5.41, 5.74) is 7.98. The zero-order valence-corrected chi connectivity index (χ0v) is 8.86. The van der Waals surface area contributed by atoms with E-state index in [1.165, 1.54) is 0 Å². The summed E-state index contributed by atoms with van der Waals surface area (Å²) in [5, 5.41) is 9.11. The number of phenolic OH excluding ortho intramolecular Hbond substituents is 1. The van der Waals surface area contributed by atoms with Crippen molar-refractivity contribution in [1.82, 2.24) is 5.43 Å². The van der Waals surface area contributed by atoms with Crippen LogP contribution in [0.4, 0.5) is 5.69 Å². The first kappa shape index (κ1) is 10.5. The highest BCUT2D eigenvalue weighted by molar-refractivity contribution is 5.81. The Morgan fingerprint density at radius 2 is 1.81 bits per heavy atom. The minimum Gasteiger partial charge on any atom is -0.508 e. The van der Waals surface area contributed by atoms with Crippen LogP contribution in [0.5, 0.6) is 5.75 Å². The fourth-order valence-corrected chi connectivity index (χ4v) is 1.53. The predicted octanol–water partition coefficient (Wildman–Crippen LogP) is 1.95. The molecule has 3 N–H and O–H groups in total. The monoisotopic (exact) mass is 218 g/mol. The molecule has 0 saturated carbocycles. The standard InChI is InChI=1S/C12H14N2O2/c15-11-5-1-9(2-6-11)13-14-10-3-7-12(16)8-4-10/h1-3,5-6,13-15H,4,7-8H2. The van der Waals surface area contributed by atoms with E-state index in [0.29, 0.717) is 12.8 Å². The van der Waals surface area contributed by atoms with Crippen LogP contribution in [0.1, 0.15) is 19.3 Å². The number of carbonyl (C=O) groups is 1. The first-order chi connectivity index (χ1) is 7.74. The molecule has 0 aliphatic heterocycles. The average Bonchev–Trinajstić information content (AvgIpc) is 2.30. The van der Waals surface area contributed by atoms with Crippen molar-refractivity contribution in [1.29, 1.82) is 0 Å². The number of Topliss-reactive ketones (excluding diaryl/α,β-unsaturated/α-hetero) is 1. The Morgan fingerprint density at radius 1 is 1.06 bits per heavy atom. The van der Waals surface area contributed by atoms with Crippen molar-refractivity contribution in [3.63, 3.8) is 0 Å². The largest absolute Gasteiger partial charge is 0.508 e. The second-order valence-corrected chi connectivity index (χ2v) is 3.77. The second kappa shape index (κ2) is 4.70. The van der Waals surface area contributed by atoms with Gasteiger partial charge >= 0.3 is 0 Å². The molecule has 16 heavy (non-hydrogen) atoms. The number of anilines is 1. The average molecular weight is 218 g/mol. The van der Waals surface area contributed by atoms with Crippen molar-refractivity contribution >= 4 is 11.5 Å².